The molecule has 1 aromatic carbocycles. The maximum absolute atomic E-state index is 11.7. The number of nitrogens with zero attached hydrogens (tertiary/aromatic N) is 2. The summed E-state index contributed by atoms with van der Waals surface area (Å²) in [6, 6.07) is 4.56. The first-order valence-electron chi connectivity index (χ1n) is 7.18. The van der Waals surface area contributed by atoms with Crippen molar-refractivity contribution in [1.82, 2.24) is 4.90 Å². The van der Waals surface area contributed by atoms with E-state index >= 15 is 0 Å². The van der Waals surface area contributed by atoms with Gasteiger partial charge in [0.1, 0.15) is 0 Å². The summed E-state index contributed by atoms with van der Waals surface area (Å²) in [4.78, 5) is 13.4. The average Bonchev–Trinajstić information content (AvgIpc) is 2.52. The van der Waals surface area contributed by atoms with Crippen LogP contribution < -0.4 is 9.47 Å². The molecule has 0 spiro atoms. The quantitative estimate of drug-likeness (QED) is 0.474. The minimum absolute atomic E-state index is 0.183. The van der Waals surface area contributed by atoms with E-state index in [1.807, 2.05) is 43.3 Å². The van der Waals surface area contributed by atoms with Gasteiger partial charge in [-0.1, -0.05) is 24.3 Å². The summed E-state index contributed by atoms with van der Waals surface area (Å²) < 4.78 is 10.8. The summed E-state index contributed by atoms with van der Waals surface area (Å²) in [7, 11) is 6.84. The number of benzene rings is 1. The van der Waals surface area contributed by atoms with Gasteiger partial charge >= 0.3 is 0 Å². The van der Waals surface area contributed by atoms with Gasteiger partial charge in [-0.2, -0.15) is 0 Å². The predicted molar refractivity (Wildman–Crippen MR) is 84.3 cm³/mol. The molecule has 1 aromatic rings. The van der Waals surface area contributed by atoms with Gasteiger partial charge in [-0.15, -0.1) is 0 Å². The van der Waals surface area contributed by atoms with Crippen LogP contribution >= 0.6 is 0 Å². The molecule has 2 rings (SSSR count). The summed E-state index contributed by atoms with van der Waals surface area (Å²) in [5, 5.41) is 11.7. The van der Waals surface area contributed by atoms with Crippen LogP contribution in [-0.2, 0) is 0 Å². The van der Waals surface area contributed by atoms with E-state index in [1.165, 1.54) is 0 Å². The van der Waals surface area contributed by atoms with Crippen molar-refractivity contribution in [3.05, 3.63) is 46.0 Å². The Morgan fingerprint density at radius 1 is 1.27 bits per heavy atom. The van der Waals surface area contributed by atoms with Crippen LogP contribution in [0.5, 0.6) is 11.5 Å². The van der Waals surface area contributed by atoms with E-state index in [0.717, 1.165) is 5.56 Å². The summed E-state index contributed by atoms with van der Waals surface area (Å²) in [5.41, 5.74) is 0.819. The summed E-state index contributed by atoms with van der Waals surface area (Å²) in [6.45, 7) is 0. The van der Waals surface area contributed by atoms with E-state index in [1.54, 1.807) is 20.3 Å². The molecule has 0 amide bonds. The highest BCUT2D eigenvalue weighted by molar-refractivity contribution is 5.49. The van der Waals surface area contributed by atoms with Crippen LogP contribution in [0.2, 0.25) is 0 Å². The van der Waals surface area contributed by atoms with Crippen LogP contribution in [0, 0.1) is 10.1 Å². The molecule has 6 nitrogen and oxygen atoms in total. The van der Waals surface area contributed by atoms with Gasteiger partial charge in [-0.05, 0) is 26.6 Å². The second kappa shape index (κ2) is 6.79. The first kappa shape index (κ1) is 16.3. The zero-order valence-corrected chi connectivity index (χ0v) is 13.4. The van der Waals surface area contributed by atoms with Gasteiger partial charge in [-0.25, -0.2) is 0 Å². The van der Waals surface area contributed by atoms with Crippen molar-refractivity contribution in [3.63, 3.8) is 0 Å². The van der Waals surface area contributed by atoms with E-state index in [4.69, 9.17) is 9.47 Å². The Kier molecular flexibility index (Phi) is 5.03. The van der Waals surface area contributed by atoms with Crippen LogP contribution in [0.15, 0.2) is 30.4 Å². The summed E-state index contributed by atoms with van der Waals surface area (Å²) in [5.74, 6) is 0.921. The molecule has 0 saturated heterocycles. The summed E-state index contributed by atoms with van der Waals surface area (Å²) in [6.07, 6.45) is 4.53. The average molecular weight is 306 g/mol. The molecule has 0 aromatic heterocycles. The molecule has 0 bridgehead atoms. The molecular formula is C16H22N2O4. The number of nitro groups is 1. The molecule has 1 aliphatic carbocycles. The van der Waals surface area contributed by atoms with Crippen LogP contribution in [-0.4, -0.2) is 50.2 Å². The molecule has 3 atom stereocenters. The van der Waals surface area contributed by atoms with Crippen molar-refractivity contribution in [3.8, 4) is 11.5 Å². The van der Waals surface area contributed by atoms with Gasteiger partial charge in [0.2, 0.25) is 6.04 Å². The fraction of sp³-hybridized carbons (Fsp3) is 0.500. The molecule has 0 heterocycles. The SMILES string of the molecule is COc1cccc([C@@H]2CC=C[C@H](N(C)C)C2[N+](=O)[O-])c1OC. The molecule has 120 valence electrons. The third-order valence-corrected chi connectivity index (χ3v) is 4.16. The topological polar surface area (TPSA) is 64.8 Å². The van der Waals surface area contributed by atoms with Gasteiger partial charge in [0.15, 0.2) is 11.5 Å². The van der Waals surface area contributed by atoms with Crippen molar-refractivity contribution in [2.75, 3.05) is 28.3 Å². The zero-order valence-electron chi connectivity index (χ0n) is 13.4. The van der Waals surface area contributed by atoms with Crippen molar-refractivity contribution >= 4 is 0 Å². The molecule has 1 aliphatic rings. The molecule has 0 saturated carbocycles. The van der Waals surface area contributed by atoms with Crippen molar-refractivity contribution in [2.24, 2.45) is 0 Å². The highest BCUT2D eigenvalue weighted by Gasteiger charge is 2.43. The van der Waals surface area contributed by atoms with E-state index < -0.39 is 6.04 Å². The molecule has 0 fully saturated rings. The third kappa shape index (κ3) is 2.92. The largest absolute Gasteiger partial charge is 0.493 e. The van der Waals surface area contributed by atoms with Gasteiger partial charge in [-0.3, -0.25) is 15.0 Å². The number of para-hydroxylation sites is 1. The lowest BCUT2D eigenvalue weighted by molar-refractivity contribution is -0.532. The Morgan fingerprint density at radius 3 is 2.55 bits per heavy atom. The van der Waals surface area contributed by atoms with Crippen molar-refractivity contribution in [2.45, 2.75) is 24.4 Å². The van der Waals surface area contributed by atoms with E-state index in [-0.39, 0.29) is 16.9 Å². The van der Waals surface area contributed by atoms with E-state index in [0.29, 0.717) is 17.9 Å². The highest BCUT2D eigenvalue weighted by Crippen LogP contribution is 2.41. The minimum atomic E-state index is -0.721. The number of hydrogen-bond donors (Lipinski definition) is 0. The van der Waals surface area contributed by atoms with Crippen LogP contribution in [0.3, 0.4) is 0 Å². The summed E-state index contributed by atoms with van der Waals surface area (Å²) >= 11 is 0. The van der Waals surface area contributed by atoms with Crippen molar-refractivity contribution < 1.29 is 14.4 Å². The lowest BCUT2D eigenvalue weighted by Crippen LogP contribution is -2.47. The van der Waals surface area contributed by atoms with Crippen LogP contribution in [0.4, 0.5) is 0 Å². The Balaban J connectivity index is 2.51. The smallest absolute Gasteiger partial charge is 0.239 e. The zero-order chi connectivity index (χ0) is 16.3. The lowest BCUT2D eigenvalue weighted by atomic mass is 9.80. The maximum atomic E-state index is 11.7. The Morgan fingerprint density at radius 2 is 2.00 bits per heavy atom. The molecule has 1 unspecified atom stereocenters. The first-order chi connectivity index (χ1) is 10.5. The monoisotopic (exact) mass is 306 g/mol. The Labute approximate surface area is 130 Å². The lowest BCUT2D eigenvalue weighted by Gasteiger charge is -2.33. The number of hydrogen-bond acceptors (Lipinski definition) is 5. The van der Waals surface area contributed by atoms with Gasteiger partial charge in [0, 0.05) is 10.5 Å². The molecule has 6 heteroatoms. The molecule has 0 radical (unpaired) electrons. The normalized spacial score (nSPS) is 24.3. The first-order valence-corrected chi connectivity index (χ1v) is 7.18. The Bertz CT molecular complexity index is 571. The molecule has 0 aliphatic heterocycles. The van der Waals surface area contributed by atoms with Gasteiger partial charge in [0.05, 0.1) is 26.2 Å². The Hall–Kier alpha value is -2.08. The van der Waals surface area contributed by atoms with Crippen LogP contribution in [0.1, 0.15) is 17.9 Å². The number of methoxy groups -OCH3 is 2. The fourth-order valence-electron chi connectivity index (χ4n) is 3.12. The van der Waals surface area contributed by atoms with Gasteiger partial charge in [0.25, 0.3) is 0 Å². The van der Waals surface area contributed by atoms with Crippen LogP contribution in [0.25, 0.3) is 0 Å². The molecule has 0 N–H and O–H groups in total. The highest BCUT2D eigenvalue weighted by atomic mass is 16.6. The maximum Gasteiger partial charge on any atom is 0.239 e. The van der Waals surface area contributed by atoms with Gasteiger partial charge < -0.3 is 9.47 Å². The second-order valence-electron chi connectivity index (χ2n) is 5.58. The number of allylic oxidation sites excluding steroid dienone is 1. The number of ether oxygens (including phenoxy) is 2. The number of likely N-dealkylation sites (N-methyl/N-ethyl adjacent to an activating group) is 1. The second-order valence-corrected chi connectivity index (χ2v) is 5.58. The van der Waals surface area contributed by atoms with E-state index in [9.17, 15) is 10.1 Å². The standard InChI is InChI=1S/C16H22N2O4/c1-17(2)13-9-5-7-11(15(13)18(19)20)12-8-6-10-14(21-3)16(12)22-4/h5-6,8-11,13,15H,7H2,1-4H3/t11-,13-,15?/m0/s1. The fourth-order valence-corrected chi connectivity index (χ4v) is 3.12. The number of rotatable bonds is 5. The predicted octanol–water partition coefficient (Wildman–Crippen LogP) is 2.32. The van der Waals surface area contributed by atoms with E-state index in [2.05, 4.69) is 0 Å². The van der Waals surface area contributed by atoms with Crippen molar-refractivity contribution in [1.29, 1.82) is 0 Å². The minimum Gasteiger partial charge on any atom is -0.493 e. The molecule has 22 heavy (non-hydrogen) atoms. The molecular weight excluding hydrogens is 284 g/mol. The third-order valence-electron chi connectivity index (χ3n) is 4.16.